The van der Waals surface area contributed by atoms with Crippen LogP contribution in [0.25, 0.3) is 11.1 Å². The molecular weight excluding hydrogens is 416 g/mol. The van der Waals surface area contributed by atoms with Gasteiger partial charge in [0.15, 0.2) is 0 Å². The third-order valence-electron chi connectivity index (χ3n) is 4.99. The first-order valence-corrected chi connectivity index (χ1v) is 11.3. The number of carbonyl (C=O) groups excluding carboxylic acids is 1. The van der Waals surface area contributed by atoms with Crippen LogP contribution in [0.5, 0.6) is 5.75 Å². The molecule has 1 aromatic carbocycles. The predicted molar refractivity (Wildman–Crippen MR) is 108 cm³/mol. The Morgan fingerprint density at radius 3 is 2.67 bits per heavy atom. The summed E-state index contributed by atoms with van der Waals surface area (Å²) < 4.78 is 58.4. The number of pyridine rings is 1. The zero-order valence-electron chi connectivity index (χ0n) is 16.6. The highest BCUT2D eigenvalue weighted by Gasteiger charge is 2.29. The van der Waals surface area contributed by atoms with E-state index in [9.17, 15) is 22.0 Å². The Morgan fingerprint density at radius 1 is 1.20 bits per heavy atom. The van der Waals surface area contributed by atoms with Crippen molar-refractivity contribution in [3.63, 3.8) is 0 Å². The second-order valence-corrected chi connectivity index (χ2v) is 9.11. The van der Waals surface area contributed by atoms with Crippen LogP contribution in [0.3, 0.4) is 0 Å². The molecule has 1 saturated carbocycles. The number of carbonyl (C=O) groups is 1. The number of sulfonamides is 1. The van der Waals surface area contributed by atoms with Crippen molar-refractivity contribution in [1.82, 2.24) is 9.71 Å². The number of nitrogens with zero attached hydrogens (tertiary/aromatic N) is 1. The number of hydrogen-bond donors (Lipinski definition) is 2. The zero-order valence-corrected chi connectivity index (χ0v) is 17.4. The standard InChI is InChI=1S/C20H23F2N3O4S/c1-29-18-9-13(21)6-7-15(18)16-10-19(23-11-17(16)22)24-20(26)12-4-3-5-14(8-12)25-30(2,27)28/h6-7,9-12,14,25H,3-5,8H2,1-2H3,(H,23,24,26)/t12-,14+/m0/s1. The third-order valence-corrected chi connectivity index (χ3v) is 5.75. The first-order chi connectivity index (χ1) is 14.2. The Kier molecular flexibility index (Phi) is 6.67. The normalized spacial score (nSPS) is 19.3. The summed E-state index contributed by atoms with van der Waals surface area (Å²) in [6, 6.07) is 4.78. The molecule has 0 saturated heterocycles. The molecule has 0 radical (unpaired) electrons. The van der Waals surface area contributed by atoms with E-state index in [1.165, 1.54) is 25.3 Å². The van der Waals surface area contributed by atoms with E-state index in [1.807, 2.05) is 0 Å². The Labute approximate surface area is 173 Å². The minimum atomic E-state index is -3.36. The summed E-state index contributed by atoms with van der Waals surface area (Å²) in [7, 11) is -2.01. The summed E-state index contributed by atoms with van der Waals surface area (Å²) in [5, 5.41) is 2.67. The van der Waals surface area contributed by atoms with Crippen molar-refractivity contribution in [3.8, 4) is 16.9 Å². The minimum Gasteiger partial charge on any atom is -0.496 e. The highest BCUT2D eigenvalue weighted by atomic mass is 32.2. The fraction of sp³-hybridized carbons (Fsp3) is 0.400. The summed E-state index contributed by atoms with van der Waals surface area (Å²) in [5.41, 5.74) is 0.432. The molecule has 1 aromatic heterocycles. The molecule has 162 valence electrons. The van der Waals surface area contributed by atoms with Gasteiger partial charge in [-0.05, 0) is 37.5 Å². The van der Waals surface area contributed by atoms with E-state index < -0.39 is 27.6 Å². The molecule has 3 rings (SSSR count). The molecule has 1 amide bonds. The van der Waals surface area contributed by atoms with Crippen molar-refractivity contribution < 1.29 is 26.7 Å². The lowest BCUT2D eigenvalue weighted by atomic mass is 9.85. The Balaban J connectivity index is 1.78. The number of nitrogens with one attached hydrogen (secondary N) is 2. The molecule has 1 aliphatic carbocycles. The molecule has 2 atom stereocenters. The first-order valence-electron chi connectivity index (χ1n) is 9.44. The maximum atomic E-state index is 14.4. The monoisotopic (exact) mass is 439 g/mol. The van der Waals surface area contributed by atoms with Gasteiger partial charge in [0, 0.05) is 29.2 Å². The van der Waals surface area contributed by atoms with E-state index in [1.54, 1.807) is 0 Å². The van der Waals surface area contributed by atoms with E-state index in [0.29, 0.717) is 31.2 Å². The number of aromatic nitrogens is 1. The van der Waals surface area contributed by atoms with E-state index in [0.717, 1.165) is 18.5 Å². The zero-order chi connectivity index (χ0) is 21.9. The lowest BCUT2D eigenvalue weighted by molar-refractivity contribution is -0.121. The number of ether oxygens (including phenoxy) is 1. The summed E-state index contributed by atoms with van der Waals surface area (Å²) in [5.74, 6) is -1.58. The molecule has 7 nitrogen and oxygen atoms in total. The van der Waals surface area contributed by atoms with Crippen molar-refractivity contribution in [3.05, 3.63) is 42.1 Å². The van der Waals surface area contributed by atoms with Crippen molar-refractivity contribution >= 4 is 21.7 Å². The van der Waals surface area contributed by atoms with Crippen LogP contribution in [0, 0.1) is 17.6 Å². The van der Waals surface area contributed by atoms with Crippen LogP contribution in [-0.2, 0) is 14.8 Å². The SMILES string of the molecule is COc1cc(F)ccc1-c1cc(NC(=O)[C@H]2CCC[C@@H](NS(C)(=O)=O)C2)ncc1F. The average molecular weight is 439 g/mol. The summed E-state index contributed by atoms with van der Waals surface area (Å²) in [4.78, 5) is 16.6. The largest absolute Gasteiger partial charge is 0.496 e. The molecule has 30 heavy (non-hydrogen) atoms. The number of hydrogen-bond acceptors (Lipinski definition) is 5. The lowest BCUT2D eigenvalue weighted by Crippen LogP contribution is -2.40. The molecule has 1 fully saturated rings. The second-order valence-electron chi connectivity index (χ2n) is 7.33. The number of rotatable bonds is 6. The molecule has 0 spiro atoms. The second kappa shape index (κ2) is 9.05. The van der Waals surface area contributed by atoms with E-state index in [-0.39, 0.29) is 29.1 Å². The number of methoxy groups -OCH3 is 1. The Morgan fingerprint density at radius 2 is 1.97 bits per heavy atom. The molecule has 2 aromatic rings. The fourth-order valence-corrected chi connectivity index (χ4v) is 4.49. The van der Waals surface area contributed by atoms with Crippen LogP contribution in [0.2, 0.25) is 0 Å². The quantitative estimate of drug-likeness (QED) is 0.721. The van der Waals surface area contributed by atoms with Gasteiger partial charge in [-0.2, -0.15) is 0 Å². The van der Waals surface area contributed by atoms with Crippen LogP contribution in [0.4, 0.5) is 14.6 Å². The van der Waals surface area contributed by atoms with Crippen molar-refractivity contribution in [2.75, 3.05) is 18.7 Å². The van der Waals surface area contributed by atoms with Crippen LogP contribution in [0.15, 0.2) is 30.5 Å². The number of amides is 1. The molecule has 0 bridgehead atoms. The topological polar surface area (TPSA) is 97.4 Å². The average Bonchev–Trinajstić information content (AvgIpc) is 2.68. The van der Waals surface area contributed by atoms with E-state index >= 15 is 0 Å². The van der Waals surface area contributed by atoms with Crippen molar-refractivity contribution in [2.24, 2.45) is 5.92 Å². The number of anilines is 1. The molecule has 1 heterocycles. The Bertz CT molecular complexity index is 1050. The van der Waals surface area contributed by atoms with Crippen LogP contribution in [0.1, 0.15) is 25.7 Å². The number of benzene rings is 1. The lowest BCUT2D eigenvalue weighted by Gasteiger charge is -2.28. The van der Waals surface area contributed by atoms with Crippen molar-refractivity contribution in [2.45, 2.75) is 31.7 Å². The highest BCUT2D eigenvalue weighted by molar-refractivity contribution is 7.88. The Hall–Kier alpha value is -2.59. The van der Waals surface area contributed by atoms with Gasteiger partial charge in [0.1, 0.15) is 23.2 Å². The van der Waals surface area contributed by atoms with Gasteiger partial charge < -0.3 is 10.1 Å². The smallest absolute Gasteiger partial charge is 0.228 e. The molecule has 0 aliphatic heterocycles. The minimum absolute atomic E-state index is 0.109. The van der Waals surface area contributed by atoms with Gasteiger partial charge >= 0.3 is 0 Å². The van der Waals surface area contributed by atoms with Gasteiger partial charge in [0.2, 0.25) is 15.9 Å². The summed E-state index contributed by atoms with van der Waals surface area (Å²) in [6.45, 7) is 0. The predicted octanol–water partition coefficient (Wildman–Crippen LogP) is 3.08. The fourth-order valence-electron chi connectivity index (χ4n) is 3.67. The number of halogens is 2. The summed E-state index contributed by atoms with van der Waals surface area (Å²) in [6.07, 6.45) is 4.43. The van der Waals surface area contributed by atoms with Gasteiger partial charge in [-0.3, -0.25) is 4.79 Å². The van der Waals surface area contributed by atoms with Gasteiger partial charge in [0.25, 0.3) is 0 Å². The van der Waals surface area contributed by atoms with Gasteiger partial charge in [-0.1, -0.05) is 6.42 Å². The third kappa shape index (κ3) is 5.51. The van der Waals surface area contributed by atoms with Crippen molar-refractivity contribution in [1.29, 1.82) is 0 Å². The maximum absolute atomic E-state index is 14.4. The van der Waals surface area contributed by atoms with Gasteiger partial charge in [0.05, 0.1) is 19.6 Å². The van der Waals surface area contributed by atoms with Gasteiger partial charge in [-0.15, -0.1) is 0 Å². The molecular formula is C20H23F2N3O4S. The van der Waals surface area contributed by atoms with E-state index in [2.05, 4.69) is 15.0 Å². The first kappa shape index (κ1) is 22.1. The van der Waals surface area contributed by atoms with Gasteiger partial charge in [-0.25, -0.2) is 26.9 Å². The summed E-state index contributed by atoms with van der Waals surface area (Å²) >= 11 is 0. The van der Waals surface area contributed by atoms with Crippen LogP contribution in [-0.4, -0.2) is 38.7 Å². The molecule has 1 aliphatic rings. The maximum Gasteiger partial charge on any atom is 0.228 e. The highest BCUT2D eigenvalue weighted by Crippen LogP contribution is 2.33. The van der Waals surface area contributed by atoms with Crippen LogP contribution >= 0.6 is 0 Å². The molecule has 10 heteroatoms. The molecule has 2 N–H and O–H groups in total. The molecule has 0 unspecified atom stereocenters. The van der Waals surface area contributed by atoms with Crippen LogP contribution < -0.4 is 14.8 Å². The van der Waals surface area contributed by atoms with E-state index in [4.69, 9.17) is 4.74 Å².